The van der Waals surface area contributed by atoms with Gasteiger partial charge in [0.15, 0.2) is 5.65 Å². The molecule has 2 fully saturated rings. The number of fused-ring (bicyclic) bond motifs is 1. The number of urea groups is 1. The highest BCUT2D eigenvalue weighted by Gasteiger charge is 2.31. The number of aromatic nitrogens is 5. The molecule has 0 atom stereocenters. The van der Waals surface area contributed by atoms with Gasteiger partial charge in [-0.15, -0.1) is 0 Å². The number of anilines is 2. The number of nitrogens with zero attached hydrogens (tertiary/aromatic N) is 7. The second-order valence-electron chi connectivity index (χ2n) is 11.1. The quantitative estimate of drug-likeness (QED) is 0.252. The van der Waals surface area contributed by atoms with E-state index in [1.54, 1.807) is 6.07 Å². The molecule has 5 heterocycles. The van der Waals surface area contributed by atoms with Gasteiger partial charge in [0, 0.05) is 44.4 Å². The number of hydrogen-bond donors (Lipinski definition) is 2. The molecule has 5 aromatic rings. The van der Waals surface area contributed by atoms with E-state index >= 15 is 0 Å². The Morgan fingerprint density at radius 1 is 0.933 bits per heavy atom. The number of hydrogen-bond acceptors (Lipinski definition) is 9. The lowest BCUT2D eigenvalue weighted by atomic mass is 10.0. The number of nitrogens with two attached hydrogens (primary N) is 1. The average Bonchev–Trinajstić information content (AvgIpc) is 3.44. The van der Waals surface area contributed by atoms with Crippen LogP contribution in [0.3, 0.4) is 0 Å². The Hall–Kier alpha value is -5.43. The zero-order valence-electron chi connectivity index (χ0n) is 24.3. The van der Waals surface area contributed by atoms with Crippen molar-refractivity contribution in [1.29, 1.82) is 0 Å². The Bertz CT molecular complexity index is 1870. The molecule has 0 spiro atoms. The third-order valence-corrected chi connectivity index (χ3v) is 8.21. The van der Waals surface area contributed by atoms with Gasteiger partial charge in [0.2, 0.25) is 11.9 Å². The maximum atomic E-state index is 14.9. The zero-order valence-corrected chi connectivity index (χ0v) is 24.3. The molecule has 3 N–H and O–H groups in total. The van der Waals surface area contributed by atoms with Crippen LogP contribution in [0.15, 0.2) is 73.2 Å². The van der Waals surface area contributed by atoms with Crippen molar-refractivity contribution in [1.82, 2.24) is 34.9 Å². The predicted molar refractivity (Wildman–Crippen MR) is 165 cm³/mol. The Kier molecular flexibility index (Phi) is 7.51. The third kappa shape index (κ3) is 5.65. The van der Waals surface area contributed by atoms with Crippen molar-refractivity contribution in [3.05, 3.63) is 84.7 Å². The molecule has 2 aliphatic rings. The molecule has 45 heavy (non-hydrogen) atoms. The minimum absolute atomic E-state index is 0.0556. The molecular formula is C32H30FN9O3. The number of nitrogen functional groups attached to an aromatic ring is 1. The Labute approximate surface area is 257 Å². The third-order valence-electron chi connectivity index (χ3n) is 8.21. The summed E-state index contributed by atoms with van der Waals surface area (Å²) in [5.41, 5.74) is 9.35. The Morgan fingerprint density at radius 2 is 1.69 bits per heavy atom. The summed E-state index contributed by atoms with van der Waals surface area (Å²) in [5.74, 6) is 0.706. The molecule has 0 unspecified atom stereocenters. The number of ether oxygens (including phenoxy) is 1. The fourth-order valence-electron chi connectivity index (χ4n) is 5.98. The molecule has 0 saturated carbocycles. The fraction of sp³-hybridized carbons (Fsp3) is 0.250. The van der Waals surface area contributed by atoms with Crippen LogP contribution in [0.4, 0.5) is 20.7 Å². The lowest BCUT2D eigenvalue weighted by molar-refractivity contribution is -0.120. The molecule has 2 saturated heterocycles. The van der Waals surface area contributed by atoms with Crippen LogP contribution in [0.5, 0.6) is 11.5 Å². The summed E-state index contributed by atoms with van der Waals surface area (Å²) < 4.78 is 22.8. The van der Waals surface area contributed by atoms with Crippen molar-refractivity contribution in [2.45, 2.75) is 31.8 Å². The van der Waals surface area contributed by atoms with Gasteiger partial charge in [-0.2, -0.15) is 9.49 Å². The molecule has 0 radical (unpaired) electrons. The van der Waals surface area contributed by atoms with E-state index in [1.165, 1.54) is 17.4 Å². The number of rotatable bonds is 7. The van der Waals surface area contributed by atoms with Gasteiger partial charge < -0.3 is 10.5 Å². The lowest BCUT2D eigenvalue weighted by Gasteiger charge is -2.34. The summed E-state index contributed by atoms with van der Waals surface area (Å²) in [5, 5.41) is 7.97. The van der Waals surface area contributed by atoms with Crippen LogP contribution in [0, 0.1) is 5.95 Å². The normalized spacial score (nSPS) is 16.2. The van der Waals surface area contributed by atoms with Gasteiger partial charge in [0.05, 0.1) is 11.4 Å². The van der Waals surface area contributed by atoms with Crippen molar-refractivity contribution in [3.8, 4) is 22.8 Å². The molecular weight excluding hydrogens is 577 g/mol. The van der Waals surface area contributed by atoms with E-state index in [9.17, 15) is 14.0 Å². The monoisotopic (exact) mass is 607 g/mol. The maximum absolute atomic E-state index is 14.9. The molecule has 13 heteroatoms. The number of carbonyl (C=O) groups is 2. The fourth-order valence-corrected chi connectivity index (χ4v) is 5.98. The van der Waals surface area contributed by atoms with Crippen molar-refractivity contribution in [3.63, 3.8) is 0 Å². The standard InChI is InChI=1S/C32H30FN9O3/c33-29-28(41-17-13-25(43)38-32(41)44)21(10-14-35-29)18-40-15-11-22(12-16-40)42-31-26(30(34)36-19-37-31)27(39-42)20-6-8-24(9-7-20)45-23-4-2-1-3-5-23/h1-10,14,19,22H,11-13,15-18H2,(H2,34,36,37)(H,38,43,44). The van der Waals surface area contributed by atoms with Gasteiger partial charge in [0.1, 0.15) is 35.0 Å². The van der Waals surface area contributed by atoms with E-state index in [1.807, 2.05) is 59.3 Å². The largest absolute Gasteiger partial charge is 0.457 e. The number of pyridine rings is 1. The Morgan fingerprint density at radius 3 is 2.44 bits per heavy atom. The number of imide groups is 1. The zero-order chi connectivity index (χ0) is 30.9. The summed E-state index contributed by atoms with van der Waals surface area (Å²) in [6, 6.07) is 18.4. The van der Waals surface area contributed by atoms with Crippen LogP contribution < -0.4 is 20.7 Å². The van der Waals surface area contributed by atoms with Crippen molar-refractivity contribution in [2.75, 3.05) is 30.3 Å². The van der Waals surface area contributed by atoms with Crippen LogP contribution >= 0.6 is 0 Å². The highest BCUT2D eigenvalue weighted by atomic mass is 19.1. The molecule has 7 rings (SSSR count). The highest BCUT2D eigenvalue weighted by Crippen LogP contribution is 2.36. The maximum Gasteiger partial charge on any atom is 0.328 e. The molecule has 0 aliphatic carbocycles. The van der Waals surface area contributed by atoms with Gasteiger partial charge in [-0.25, -0.2) is 24.4 Å². The number of para-hydroxylation sites is 1. The number of benzene rings is 2. The molecule has 3 amide bonds. The van der Waals surface area contributed by atoms with Crippen LogP contribution in [0.2, 0.25) is 0 Å². The summed E-state index contributed by atoms with van der Waals surface area (Å²) >= 11 is 0. The van der Waals surface area contributed by atoms with Gasteiger partial charge in [-0.1, -0.05) is 18.2 Å². The van der Waals surface area contributed by atoms with E-state index in [4.69, 9.17) is 15.6 Å². The first kappa shape index (κ1) is 28.3. The predicted octanol–water partition coefficient (Wildman–Crippen LogP) is 4.69. The van der Waals surface area contributed by atoms with Gasteiger partial charge in [0.25, 0.3) is 0 Å². The Balaban J connectivity index is 1.09. The molecule has 2 aromatic carbocycles. The topological polar surface area (TPSA) is 144 Å². The van der Waals surface area contributed by atoms with E-state index < -0.39 is 12.0 Å². The molecule has 228 valence electrons. The van der Waals surface area contributed by atoms with E-state index in [0.717, 1.165) is 24.2 Å². The second-order valence-corrected chi connectivity index (χ2v) is 11.1. The first-order valence-electron chi connectivity index (χ1n) is 14.7. The summed E-state index contributed by atoms with van der Waals surface area (Å²) in [4.78, 5) is 40.2. The van der Waals surface area contributed by atoms with Crippen molar-refractivity contribution >= 4 is 34.5 Å². The van der Waals surface area contributed by atoms with Crippen LogP contribution in [-0.2, 0) is 11.3 Å². The molecule has 0 bridgehead atoms. The molecule has 3 aromatic heterocycles. The van der Waals surface area contributed by atoms with Gasteiger partial charge in [-0.3, -0.25) is 19.9 Å². The van der Waals surface area contributed by atoms with Crippen LogP contribution in [0.25, 0.3) is 22.3 Å². The number of likely N-dealkylation sites (tertiary alicyclic amines) is 1. The van der Waals surface area contributed by atoms with Crippen LogP contribution in [-0.4, -0.2) is 61.2 Å². The number of halogens is 1. The highest BCUT2D eigenvalue weighted by molar-refractivity contribution is 6.06. The number of amides is 3. The lowest BCUT2D eigenvalue weighted by Crippen LogP contribution is -2.50. The van der Waals surface area contributed by atoms with Crippen molar-refractivity contribution in [2.24, 2.45) is 0 Å². The minimum atomic E-state index is -0.737. The van der Waals surface area contributed by atoms with E-state index in [0.29, 0.717) is 53.5 Å². The minimum Gasteiger partial charge on any atom is -0.457 e. The molecule has 2 aliphatic heterocycles. The number of nitrogens with one attached hydrogen (secondary N) is 1. The number of carbonyl (C=O) groups excluding carboxylic acids is 2. The number of piperidine rings is 1. The first-order chi connectivity index (χ1) is 21.9. The SMILES string of the molecule is Nc1ncnc2c1c(-c1ccc(Oc3ccccc3)cc1)nn2C1CCN(Cc2ccnc(F)c2N2CCC(=O)NC2=O)CC1. The van der Waals surface area contributed by atoms with Gasteiger partial charge in [-0.05, 0) is 60.9 Å². The van der Waals surface area contributed by atoms with E-state index in [-0.39, 0.29) is 30.6 Å². The van der Waals surface area contributed by atoms with Gasteiger partial charge >= 0.3 is 6.03 Å². The first-order valence-corrected chi connectivity index (χ1v) is 14.7. The average molecular weight is 608 g/mol. The summed E-state index contributed by atoms with van der Waals surface area (Å²) in [7, 11) is 0. The summed E-state index contributed by atoms with van der Waals surface area (Å²) in [6.45, 7) is 1.95. The van der Waals surface area contributed by atoms with Crippen LogP contribution in [0.1, 0.15) is 30.9 Å². The molecule has 12 nitrogen and oxygen atoms in total. The summed E-state index contributed by atoms with van der Waals surface area (Å²) in [6.07, 6.45) is 4.49. The van der Waals surface area contributed by atoms with Crippen molar-refractivity contribution < 1.29 is 18.7 Å². The second kappa shape index (κ2) is 11.9. The smallest absolute Gasteiger partial charge is 0.328 e. The van der Waals surface area contributed by atoms with E-state index in [2.05, 4.69) is 25.2 Å².